The number of aryl methyl sites for hydroxylation is 2. The van der Waals surface area contributed by atoms with E-state index in [9.17, 15) is 5.11 Å². The van der Waals surface area contributed by atoms with Gasteiger partial charge in [0.05, 0.1) is 10.7 Å². The van der Waals surface area contributed by atoms with Crippen LogP contribution in [0.2, 0.25) is 0 Å². The van der Waals surface area contributed by atoms with Crippen molar-refractivity contribution in [3.05, 3.63) is 45.9 Å². The van der Waals surface area contributed by atoms with Crippen molar-refractivity contribution in [2.45, 2.75) is 32.9 Å². The summed E-state index contributed by atoms with van der Waals surface area (Å²) in [4.78, 5) is 7.87. The number of hydrogen-bond donors (Lipinski definition) is 1. The molecule has 120 valence electrons. The van der Waals surface area contributed by atoms with Crippen molar-refractivity contribution in [3.8, 4) is 5.75 Å². The summed E-state index contributed by atoms with van der Waals surface area (Å²) in [6.45, 7) is 7.06. The molecule has 1 N–H and O–H groups in total. The van der Waals surface area contributed by atoms with Gasteiger partial charge in [-0.1, -0.05) is 18.2 Å². The molecule has 0 radical (unpaired) electrons. The number of thiazole rings is 1. The number of para-hydroxylation sites is 1. The standard InChI is InChI=1S/C17H24N2O2S/c1-12-17(22-14(3)18-12)13(2)19(4)10-15(20)11-21-16-8-6-5-7-9-16/h5-9,13,15,20H,10-11H2,1-4H3. The van der Waals surface area contributed by atoms with Crippen molar-refractivity contribution >= 4 is 11.3 Å². The molecule has 0 saturated heterocycles. The van der Waals surface area contributed by atoms with Crippen LogP contribution < -0.4 is 4.74 Å². The summed E-state index contributed by atoms with van der Waals surface area (Å²) in [6.07, 6.45) is -0.526. The first-order chi connectivity index (χ1) is 10.5. The molecular formula is C17H24N2O2S. The Morgan fingerprint density at radius 2 is 1.95 bits per heavy atom. The van der Waals surface area contributed by atoms with Crippen LogP contribution in [-0.4, -0.2) is 41.3 Å². The predicted octanol–water partition coefficient (Wildman–Crippen LogP) is 3.19. The van der Waals surface area contributed by atoms with Crippen LogP contribution in [0, 0.1) is 13.8 Å². The molecule has 0 aliphatic carbocycles. The first-order valence-corrected chi connectivity index (χ1v) is 8.29. The number of aromatic nitrogens is 1. The van der Waals surface area contributed by atoms with E-state index in [1.54, 1.807) is 11.3 Å². The maximum atomic E-state index is 10.2. The largest absolute Gasteiger partial charge is 0.491 e. The summed E-state index contributed by atoms with van der Waals surface area (Å²) in [5.41, 5.74) is 1.08. The van der Waals surface area contributed by atoms with E-state index >= 15 is 0 Å². The molecule has 0 aliphatic heterocycles. The predicted molar refractivity (Wildman–Crippen MR) is 90.6 cm³/mol. The molecule has 0 saturated carbocycles. The van der Waals surface area contributed by atoms with Crippen LogP contribution in [0.15, 0.2) is 30.3 Å². The van der Waals surface area contributed by atoms with Gasteiger partial charge >= 0.3 is 0 Å². The minimum Gasteiger partial charge on any atom is -0.491 e. The fourth-order valence-electron chi connectivity index (χ4n) is 2.39. The number of likely N-dealkylation sites (N-methyl/N-ethyl adjacent to an activating group) is 1. The molecule has 1 aromatic heterocycles. The van der Waals surface area contributed by atoms with Crippen molar-refractivity contribution in [1.29, 1.82) is 0 Å². The average Bonchev–Trinajstić information content (AvgIpc) is 2.84. The lowest BCUT2D eigenvalue weighted by Crippen LogP contribution is -2.34. The number of rotatable bonds is 7. The zero-order valence-electron chi connectivity index (χ0n) is 13.6. The summed E-state index contributed by atoms with van der Waals surface area (Å²) in [5.74, 6) is 0.783. The highest BCUT2D eigenvalue weighted by atomic mass is 32.1. The van der Waals surface area contributed by atoms with Crippen molar-refractivity contribution in [1.82, 2.24) is 9.88 Å². The highest BCUT2D eigenvalue weighted by molar-refractivity contribution is 7.11. The average molecular weight is 320 g/mol. The van der Waals surface area contributed by atoms with Gasteiger partial charge in [0.2, 0.25) is 0 Å². The highest BCUT2D eigenvalue weighted by Crippen LogP contribution is 2.28. The first-order valence-electron chi connectivity index (χ1n) is 7.47. The number of aliphatic hydroxyl groups is 1. The van der Waals surface area contributed by atoms with Gasteiger partial charge < -0.3 is 9.84 Å². The van der Waals surface area contributed by atoms with E-state index in [-0.39, 0.29) is 6.04 Å². The number of ether oxygens (including phenoxy) is 1. The molecule has 0 bridgehead atoms. The van der Waals surface area contributed by atoms with Gasteiger partial charge in [0.25, 0.3) is 0 Å². The van der Waals surface area contributed by atoms with Crippen molar-refractivity contribution in [2.75, 3.05) is 20.2 Å². The Kier molecular flexibility index (Phi) is 5.94. The fraction of sp³-hybridized carbons (Fsp3) is 0.471. The number of hydrogen-bond acceptors (Lipinski definition) is 5. The van der Waals surface area contributed by atoms with Gasteiger partial charge in [-0.05, 0) is 40.0 Å². The summed E-state index contributed by atoms with van der Waals surface area (Å²) in [5, 5.41) is 11.3. The molecule has 2 aromatic rings. The van der Waals surface area contributed by atoms with Gasteiger partial charge in [-0.25, -0.2) is 4.98 Å². The van der Waals surface area contributed by atoms with Gasteiger partial charge in [-0.3, -0.25) is 4.90 Å². The van der Waals surface area contributed by atoms with Gasteiger partial charge in [0.15, 0.2) is 0 Å². The maximum absolute atomic E-state index is 10.2. The summed E-state index contributed by atoms with van der Waals surface area (Å²) in [7, 11) is 2.02. The third kappa shape index (κ3) is 4.53. The van der Waals surface area contributed by atoms with Gasteiger partial charge in [-0.2, -0.15) is 0 Å². The second-order valence-corrected chi connectivity index (χ2v) is 6.81. The number of nitrogens with zero attached hydrogens (tertiary/aromatic N) is 2. The Balaban J connectivity index is 1.85. The Hall–Kier alpha value is -1.43. The quantitative estimate of drug-likeness (QED) is 0.851. The molecule has 0 spiro atoms. The lowest BCUT2D eigenvalue weighted by atomic mass is 10.2. The second-order valence-electron chi connectivity index (χ2n) is 5.58. The molecule has 4 nitrogen and oxygen atoms in total. The fourth-order valence-corrected chi connectivity index (χ4v) is 3.43. The van der Waals surface area contributed by atoms with E-state index in [1.807, 2.05) is 51.2 Å². The minimum absolute atomic E-state index is 0.234. The molecule has 1 aromatic carbocycles. The highest BCUT2D eigenvalue weighted by Gasteiger charge is 2.19. The maximum Gasteiger partial charge on any atom is 0.119 e. The topological polar surface area (TPSA) is 45.6 Å². The lowest BCUT2D eigenvalue weighted by Gasteiger charge is -2.26. The van der Waals surface area contributed by atoms with Crippen LogP contribution in [0.3, 0.4) is 0 Å². The third-order valence-corrected chi connectivity index (χ3v) is 4.91. The Bertz CT molecular complexity index is 586. The first kappa shape index (κ1) is 16.9. The minimum atomic E-state index is -0.526. The van der Waals surface area contributed by atoms with Gasteiger partial charge in [0, 0.05) is 17.5 Å². The molecule has 22 heavy (non-hydrogen) atoms. The molecule has 0 amide bonds. The van der Waals surface area contributed by atoms with Crippen molar-refractivity contribution < 1.29 is 9.84 Å². The molecular weight excluding hydrogens is 296 g/mol. The molecule has 2 unspecified atom stereocenters. The SMILES string of the molecule is Cc1nc(C)c(C(C)N(C)CC(O)COc2ccccc2)s1. The molecule has 2 atom stereocenters. The third-order valence-electron chi connectivity index (χ3n) is 3.66. The summed E-state index contributed by atoms with van der Waals surface area (Å²) >= 11 is 1.72. The lowest BCUT2D eigenvalue weighted by molar-refractivity contribution is 0.0657. The second kappa shape index (κ2) is 7.72. The van der Waals surface area contributed by atoms with Crippen LogP contribution in [0.5, 0.6) is 5.75 Å². The van der Waals surface area contributed by atoms with E-state index < -0.39 is 6.10 Å². The monoisotopic (exact) mass is 320 g/mol. The van der Waals surface area contributed by atoms with E-state index in [2.05, 4.69) is 16.8 Å². The molecule has 0 fully saturated rings. The summed E-state index contributed by atoms with van der Waals surface area (Å²) < 4.78 is 5.60. The van der Waals surface area contributed by atoms with Crippen LogP contribution >= 0.6 is 11.3 Å². The summed E-state index contributed by atoms with van der Waals surface area (Å²) in [6, 6.07) is 9.80. The van der Waals surface area contributed by atoms with Gasteiger partial charge in [0.1, 0.15) is 18.5 Å². The Morgan fingerprint density at radius 3 is 2.55 bits per heavy atom. The molecule has 0 aliphatic rings. The Morgan fingerprint density at radius 1 is 1.27 bits per heavy atom. The van der Waals surface area contributed by atoms with Crippen LogP contribution in [0.25, 0.3) is 0 Å². The van der Waals surface area contributed by atoms with E-state index in [0.29, 0.717) is 13.2 Å². The Labute approximate surface area is 136 Å². The van der Waals surface area contributed by atoms with Crippen LogP contribution in [0.4, 0.5) is 0 Å². The number of benzene rings is 1. The smallest absolute Gasteiger partial charge is 0.119 e. The molecule has 1 heterocycles. The van der Waals surface area contributed by atoms with E-state index in [0.717, 1.165) is 16.5 Å². The van der Waals surface area contributed by atoms with Crippen molar-refractivity contribution in [3.63, 3.8) is 0 Å². The molecule has 5 heteroatoms. The zero-order chi connectivity index (χ0) is 16.1. The van der Waals surface area contributed by atoms with Crippen LogP contribution in [-0.2, 0) is 0 Å². The van der Waals surface area contributed by atoms with Crippen molar-refractivity contribution in [2.24, 2.45) is 0 Å². The van der Waals surface area contributed by atoms with E-state index in [4.69, 9.17) is 4.74 Å². The zero-order valence-corrected chi connectivity index (χ0v) is 14.4. The van der Waals surface area contributed by atoms with Crippen LogP contribution in [0.1, 0.15) is 28.5 Å². The normalized spacial score (nSPS) is 14.1. The number of aliphatic hydroxyl groups excluding tert-OH is 1. The molecule has 2 rings (SSSR count). The van der Waals surface area contributed by atoms with Gasteiger partial charge in [-0.15, -0.1) is 11.3 Å². The van der Waals surface area contributed by atoms with E-state index in [1.165, 1.54) is 4.88 Å².